The predicted octanol–water partition coefficient (Wildman–Crippen LogP) is 4.76. The molecule has 0 radical (unpaired) electrons. The van der Waals surface area contributed by atoms with Gasteiger partial charge in [-0.2, -0.15) is 4.98 Å². The molecule has 1 aromatic heterocycles. The molecule has 0 fully saturated rings. The second kappa shape index (κ2) is 7.13. The fraction of sp³-hybridized carbons (Fsp3) is 0.200. The Balaban J connectivity index is 1.74. The number of anilines is 3. The van der Waals surface area contributed by atoms with Crippen LogP contribution < -0.4 is 10.6 Å². The lowest BCUT2D eigenvalue weighted by Crippen LogP contribution is -2.05. The highest BCUT2D eigenvalue weighted by Gasteiger charge is 2.06. The largest absolute Gasteiger partial charge is 0.366 e. The average Bonchev–Trinajstić information content (AvgIpc) is 2.58. The minimum Gasteiger partial charge on any atom is -0.366 e. The van der Waals surface area contributed by atoms with E-state index in [1.54, 1.807) is 6.20 Å². The Morgan fingerprint density at radius 2 is 1.62 bits per heavy atom. The minimum absolute atomic E-state index is 0.600. The summed E-state index contributed by atoms with van der Waals surface area (Å²) in [6.45, 7) is 7.04. The van der Waals surface area contributed by atoms with E-state index in [4.69, 9.17) is 0 Å². The Labute approximate surface area is 143 Å². The van der Waals surface area contributed by atoms with Gasteiger partial charge in [0.2, 0.25) is 5.95 Å². The molecule has 24 heavy (non-hydrogen) atoms. The van der Waals surface area contributed by atoms with Crippen LogP contribution in [0.1, 0.15) is 22.3 Å². The molecule has 4 heteroatoms. The number of rotatable bonds is 5. The van der Waals surface area contributed by atoms with Crippen molar-refractivity contribution in [2.24, 2.45) is 0 Å². The van der Waals surface area contributed by atoms with Crippen LogP contribution in [0.25, 0.3) is 0 Å². The molecule has 0 spiro atoms. The molecule has 3 rings (SSSR count). The lowest BCUT2D eigenvalue weighted by molar-refractivity contribution is 1.08. The lowest BCUT2D eigenvalue weighted by Gasteiger charge is -2.13. The van der Waals surface area contributed by atoms with Gasteiger partial charge in [0.1, 0.15) is 5.82 Å². The Kier molecular flexibility index (Phi) is 4.75. The van der Waals surface area contributed by atoms with Crippen LogP contribution in [0.15, 0.2) is 54.7 Å². The van der Waals surface area contributed by atoms with E-state index in [-0.39, 0.29) is 0 Å². The third kappa shape index (κ3) is 3.90. The van der Waals surface area contributed by atoms with Crippen molar-refractivity contribution in [3.8, 4) is 0 Å². The first-order valence-electron chi connectivity index (χ1n) is 8.07. The zero-order valence-corrected chi connectivity index (χ0v) is 14.3. The molecule has 0 atom stereocenters. The zero-order valence-electron chi connectivity index (χ0n) is 14.3. The predicted molar refractivity (Wildman–Crippen MR) is 99.7 cm³/mol. The number of hydrogen-bond acceptors (Lipinski definition) is 4. The van der Waals surface area contributed by atoms with E-state index in [0.717, 1.165) is 18.1 Å². The molecule has 0 aliphatic carbocycles. The molecular formula is C20H22N4. The van der Waals surface area contributed by atoms with Crippen molar-refractivity contribution in [2.45, 2.75) is 27.3 Å². The smallest absolute Gasteiger partial charge is 0.229 e. The summed E-state index contributed by atoms with van der Waals surface area (Å²) in [4.78, 5) is 8.89. The Hall–Kier alpha value is -2.88. The molecule has 0 saturated carbocycles. The van der Waals surface area contributed by atoms with Gasteiger partial charge in [0.15, 0.2) is 0 Å². The van der Waals surface area contributed by atoms with Crippen molar-refractivity contribution in [1.29, 1.82) is 0 Å². The maximum atomic E-state index is 4.55. The standard InChI is InChI=1S/C20H22N4/c1-14-11-15(2)19(16(3)12-14)24-20-21-10-9-18(23-20)22-13-17-7-5-4-6-8-17/h4-12H,13H2,1-3H3,(H2,21,22,23,24). The van der Waals surface area contributed by atoms with E-state index in [2.05, 4.69) is 65.6 Å². The summed E-state index contributed by atoms with van der Waals surface area (Å²) < 4.78 is 0. The molecule has 1 heterocycles. The molecule has 3 aromatic rings. The van der Waals surface area contributed by atoms with Gasteiger partial charge in [-0.15, -0.1) is 0 Å². The first-order chi connectivity index (χ1) is 11.6. The van der Waals surface area contributed by atoms with Gasteiger partial charge < -0.3 is 10.6 Å². The molecule has 0 aliphatic rings. The first-order valence-corrected chi connectivity index (χ1v) is 8.07. The van der Waals surface area contributed by atoms with Crippen LogP contribution in [0.3, 0.4) is 0 Å². The van der Waals surface area contributed by atoms with Crippen LogP contribution in [-0.4, -0.2) is 9.97 Å². The molecule has 4 nitrogen and oxygen atoms in total. The summed E-state index contributed by atoms with van der Waals surface area (Å²) >= 11 is 0. The van der Waals surface area contributed by atoms with Crippen molar-refractivity contribution >= 4 is 17.5 Å². The third-order valence-corrected chi connectivity index (χ3v) is 3.89. The van der Waals surface area contributed by atoms with Crippen LogP contribution in [0.2, 0.25) is 0 Å². The average molecular weight is 318 g/mol. The number of nitrogens with zero attached hydrogens (tertiary/aromatic N) is 2. The lowest BCUT2D eigenvalue weighted by atomic mass is 10.1. The summed E-state index contributed by atoms with van der Waals surface area (Å²) in [5.41, 5.74) is 5.93. The van der Waals surface area contributed by atoms with E-state index in [1.165, 1.54) is 22.3 Å². The van der Waals surface area contributed by atoms with Crippen LogP contribution >= 0.6 is 0 Å². The van der Waals surface area contributed by atoms with Gasteiger partial charge in [-0.25, -0.2) is 4.98 Å². The van der Waals surface area contributed by atoms with E-state index >= 15 is 0 Å². The van der Waals surface area contributed by atoms with E-state index in [1.807, 2.05) is 24.3 Å². The SMILES string of the molecule is Cc1cc(C)c(Nc2nccc(NCc3ccccc3)n2)c(C)c1. The Bertz CT molecular complexity index is 805. The van der Waals surface area contributed by atoms with E-state index < -0.39 is 0 Å². The molecule has 0 unspecified atom stereocenters. The van der Waals surface area contributed by atoms with Gasteiger partial charge in [-0.1, -0.05) is 48.0 Å². The molecule has 122 valence electrons. The normalized spacial score (nSPS) is 10.5. The fourth-order valence-electron chi connectivity index (χ4n) is 2.79. The highest BCUT2D eigenvalue weighted by molar-refractivity contribution is 5.64. The summed E-state index contributed by atoms with van der Waals surface area (Å²) in [6, 6.07) is 16.5. The molecule has 2 aromatic carbocycles. The summed E-state index contributed by atoms with van der Waals surface area (Å²) in [5, 5.41) is 6.68. The van der Waals surface area contributed by atoms with Crippen molar-refractivity contribution in [3.63, 3.8) is 0 Å². The summed E-state index contributed by atoms with van der Waals surface area (Å²) in [6.07, 6.45) is 1.77. The molecule has 0 amide bonds. The Morgan fingerprint density at radius 1 is 0.917 bits per heavy atom. The van der Waals surface area contributed by atoms with Crippen molar-refractivity contribution in [1.82, 2.24) is 9.97 Å². The first kappa shape index (κ1) is 16.0. The monoisotopic (exact) mass is 318 g/mol. The number of benzene rings is 2. The maximum Gasteiger partial charge on any atom is 0.229 e. The van der Waals surface area contributed by atoms with Gasteiger partial charge in [-0.3, -0.25) is 0 Å². The van der Waals surface area contributed by atoms with Crippen molar-refractivity contribution in [2.75, 3.05) is 10.6 Å². The maximum absolute atomic E-state index is 4.55. The van der Waals surface area contributed by atoms with Crippen LogP contribution in [0.4, 0.5) is 17.5 Å². The van der Waals surface area contributed by atoms with E-state index in [9.17, 15) is 0 Å². The Morgan fingerprint density at radius 3 is 2.33 bits per heavy atom. The quantitative estimate of drug-likeness (QED) is 0.712. The van der Waals surface area contributed by atoms with Gasteiger partial charge in [0.05, 0.1) is 0 Å². The van der Waals surface area contributed by atoms with Gasteiger partial charge in [0, 0.05) is 18.4 Å². The second-order valence-electron chi connectivity index (χ2n) is 6.00. The molecule has 2 N–H and O–H groups in total. The van der Waals surface area contributed by atoms with E-state index in [0.29, 0.717) is 5.95 Å². The molecule has 0 aliphatic heterocycles. The fourth-order valence-corrected chi connectivity index (χ4v) is 2.79. The summed E-state index contributed by atoms with van der Waals surface area (Å²) in [7, 11) is 0. The topological polar surface area (TPSA) is 49.8 Å². The third-order valence-electron chi connectivity index (χ3n) is 3.89. The second-order valence-corrected chi connectivity index (χ2v) is 6.00. The highest BCUT2D eigenvalue weighted by atomic mass is 15.1. The van der Waals surface area contributed by atoms with Gasteiger partial charge >= 0.3 is 0 Å². The summed E-state index contributed by atoms with van der Waals surface area (Å²) in [5.74, 6) is 1.40. The molecule has 0 saturated heterocycles. The molecule has 0 bridgehead atoms. The van der Waals surface area contributed by atoms with Crippen LogP contribution in [0.5, 0.6) is 0 Å². The molecular weight excluding hydrogens is 296 g/mol. The number of aryl methyl sites for hydroxylation is 3. The number of nitrogens with one attached hydrogen (secondary N) is 2. The van der Waals surface area contributed by atoms with Crippen LogP contribution in [0, 0.1) is 20.8 Å². The number of aromatic nitrogens is 2. The van der Waals surface area contributed by atoms with Crippen molar-refractivity contribution in [3.05, 3.63) is 77.0 Å². The van der Waals surface area contributed by atoms with Crippen molar-refractivity contribution < 1.29 is 0 Å². The number of hydrogen-bond donors (Lipinski definition) is 2. The van der Waals surface area contributed by atoms with Gasteiger partial charge in [0.25, 0.3) is 0 Å². The van der Waals surface area contributed by atoms with Crippen LogP contribution in [-0.2, 0) is 6.54 Å². The minimum atomic E-state index is 0.600. The highest BCUT2D eigenvalue weighted by Crippen LogP contribution is 2.24. The zero-order chi connectivity index (χ0) is 16.9. The van der Waals surface area contributed by atoms with Gasteiger partial charge in [-0.05, 0) is 43.5 Å².